The fourth-order valence-electron chi connectivity index (χ4n) is 5.57. The van der Waals surface area contributed by atoms with Crippen molar-refractivity contribution in [2.24, 2.45) is 0 Å². The third kappa shape index (κ3) is 6.23. The molecule has 0 bridgehead atoms. The highest BCUT2D eigenvalue weighted by Gasteiger charge is 2.30. The van der Waals surface area contributed by atoms with E-state index >= 15 is 0 Å². The molecule has 0 saturated heterocycles. The first-order chi connectivity index (χ1) is 16.9. The van der Waals surface area contributed by atoms with E-state index in [9.17, 15) is 0 Å². The molecule has 0 aliphatic rings. The molecule has 3 aromatic rings. The van der Waals surface area contributed by atoms with Gasteiger partial charge in [0.05, 0.1) is 11.4 Å². The smallest absolute Gasteiger partial charge is 0.0539 e. The lowest BCUT2D eigenvalue weighted by atomic mass is 10.1. The van der Waals surface area contributed by atoms with E-state index in [1.54, 1.807) is 0 Å². The summed E-state index contributed by atoms with van der Waals surface area (Å²) >= 11 is 0. The summed E-state index contributed by atoms with van der Waals surface area (Å²) in [5.41, 5.74) is 10.5. The summed E-state index contributed by atoms with van der Waals surface area (Å²) in [5, 5.41) is 3.06. The molecular weight excluding hydrogens is 472 g/mol. The Kier molecular flexibility index (Phi) is 9.82. The molecule has 0 heterocycles. The van der Waals surface area contributed by atoms with Crippen molar-refractivity contribution < 1.29 is 0 Å². The average molecular weight is 520 g/mol. The Morgan fingerprint density at radius 3 is 1.25 bits per heavy atom. The van der Waals surface area contributed by atoms with Crippen molar-refractivity contribution in [1.29, 1.82) is 0 Å². The molecular formula is C33H47NP2. The van der Waals surface area contributed by atoms with Crippen molar-refractivity contribution in [2.45, 2.75) is 98.8 Å². The molecule has 0 fully saturated rings. The molecule has 0 saturated carbocycles. The minimum Gasteiger partial charge on any atom is -0.309 e. The Bertz CT molecular complexity index is 1080. The van der Waals surface area contributed by atoms with E-state index in [1.807, 2.05) is 0 Å². The van der Waals surface area contributed by atoms with Crippen LogP contribution in [0.1, 0.15) is 72.1 Å². The van der Waals surface area contributed by atoms with Gasteiger partial charge in [-0.05, 0) is 79.3 Å². The Labute approximate surface area is 224 Å². The van der Waals surface area contributed by atoms with Gasteiger partial charge in [0.25, 0.3) is 0 Å². The van der Waals surface area contributed by atoms with Crippen LogP contribution in [0.25, 0.3) is 0 Å². The molecule has 0 atom stereocenters. The van der Waals surface area contributed by atoms with Gasteiger partial charge in [-0.1, -0.05) is 113 Å². The molecule has 36 heavy (non-hydrogen) atoms. The topological polar surface area (TPSA) is 3.24 Å². The number of nitrogens with zero attached hydrogens (tertiary/aromatic N) is 1. The largest absolute Gasteiger partial charge is 0.309 e. The van der Waals surface area contributed by atoms with E-state index in [2.05, 4.69) is 142 Å². The maximum Gasteiger partial charge on any atom is 0.0539 e. The highest BCUT2D eigenvalue weighted by atomic mass is 31.1. The fraction of sp³-hybridized carbons (Fsp3) is 0.455. The predicted molar refractivity (Wildman–Crippen MR) is 169 cm³/mol. The van der Waals surface area contributed by atoms with Crippen LogP contribution in [-0.2, 0) is 0 Å². The summed E-state index contributed by atoms with van der Waals surface area (Å²) in [7, 11) is -0.652. The zero-order valence-corrected chi connectivity index (χ0v) is 26.2. The van der Waals surface area contributed by atoms with Crippen molar-refractivity contribution in [3.63, 3.8) is 0 Å². The summed E-state index contributed by atoms with van der Waals surface area (Å²) in [4.78, 5) is 2.61. The van der Waals surface area contributed by atoms with Crippen LogP contribution in [0.5, 0.6) is 0 Å². The zero-order valence-electron chi connectivity index (χ0n) is 24.4. The summed E-state index contributed by atoms with van der Waals surface area (Å²) in [5.74, 6) is 0. The fourth-order valence-corrected chi connectivity index (χ4v) is 11.8. The van der Waals surface area contributed by atoms with Crippen molar-refractivity contribution in [2.75, 3.05) is 4.90 Å². The van der Waals surface area contributed by atoms with Gasteiger partial charge in [-0.2, -0.15) is 0 Å². The molecule has 3 heteroatoms. The predicted octanol–water partition coefficient (Wildman–Crippen LogP) is 9.93. The lowest BCUT2D eigenvalue weighted by Crippen LogP contribution is -2.28. The Hall–Kier alpha value is -1.68. The third-order valence-corrected chi connectivity index (χ3v) is 13.2. The van der Waals surface area contributed by atoms with Gasteiger partial charge in [0, 0.05) is 16.3 Å². The van der Waals surface area contributed by atoms with Crippen LogP contribution >= 0.6 is 15.8 Å². The maximum atomic E-state index is 2.61. The van der Waals surface area contributed by atoms with Gasteiger partial charge in [-0.25, -0.2) is 0 Å². The van der Waals surface area contributed by atoms with Crippen molar-refractivity contribution >= 4 is 43.5 Å². The van der Waals surface area contributed by atoms with Gasteiger partial charge in [-0.3, -0.25) is 0 Å². The number of para-hydroxylation sites is 1. The Balaban J connectivity index is 2.44. The van der Waals surface area contributed by atoms with Crippen LogP contribution in [0.4, 0.5) is 17.1 Å². The van der Waals surface area contributed by atoms with Gasteiger partial charge in [-0.15, -0.1) is 0 Å². The van der Waals surface area contributed by atoms with Crippen LogP contribution < -0.4 is 15.5 Å². The van der Waals surface area contributed by atoms with Crippen molar-refractivity contribution in [1.82, 2.24) is 0 Å². The number of anilines is 3. The van der Waals surface area contributed by atoms with E-state index in [0.717, 1.165) is 0 Å². The van der Waals surface area contributed by atoms with Gasteiger partial charge in [0.1, 0.15) is 0 Å². The molecule has 0 spiro atoms. The minimum absolute atomic E-state index is 0.326. The molecule has 3 aromatic carbocycles. The minimum atomic E-state index is -0.326. The van der Waals surface area contributed by atoms with E-state index < -0.39 is 0 Å². The lowest BCUT2D eigenvalue weighted by Gasteiger charge is -2.37. The van der Waals surface area contributed by atoms with Gasteiger partial charge < -0.3 is 4.90 Å². The second-order valence-electron chi connectivity index (χ2n) is 11.3. The van der Waals surface area contributed by atoms with E-state index in [-0.39, 0.29) is 15.8 Å². The molecule has 0 aromatic heterocycles. The second kappa shape index (κ2) is 12.2. The molecule has 194 valence electrons. The van der Waals surface area contributed by atoms with Crippen LogP contribution in [-0.4, -0.2) is 22.6 Å². The Morgan fingerprint density at radius 1 is 0.500 bits per heavy atom. The average Bonchev–Trinajstić information content (AvgIpc) is 2.76. The molecule has 0 aliphatic heterocycles. The van der Waals surface area contributed by atoms with Crippen LogP contribution in [0.3, 0.4) is 0 Å². The third-order valence-electron chi connectivity index (χ3n) is 6.88. The lowest BCUT2D eigenvalue weighted by molar-refractivity contribution is 1.02. The van der Waals surface area contributed by atoms with Crippen molar-refractivity contribution in [3.8, 4) is 0 Å². The SMILES string of the molecule is Cc1ccc(N(c2ccccc2C)c2ccc(C)cc2P(C(C)C)C(C)C)c(P(C(C)C)C(C)C)c1. The van der Waals surface area contributed by atoms with Gasteiger partial charge >= 0.3 is 0 Å². The first-order valence-corrected chi connectivity index (χ1v) is 16.5. The highest BCUT2D eigenvalue weighted by molar-refractivity contribution is 7.67. The number of rotatable bonds is 9. The summed E-state index contributed by atoms with van der Waals surface area (Å²) in [6, 6.07) is 23.3. The second-order valence-corrected chi connectivity index (χ2v) is 18.0. The van der Waals surface area contributed by atoms with E-state index in [1.165, 1.54) is 44.4 Å². The number of benzene rings is 3. The molecule has 0 radical (unpaired) electrons. The molecule has 0 amide bonds. The monoisotopic (exact) mass is 519 g/mol. The molecule has 0 aliphatic carbocycles. The van der Waals surface area contributed by atoms with Crippen LogP contribution in [0, 0.1) is 20.8 Å². The van der Waals surface area contributed by atoms with Gasteiger partial charge in [0.15, 0.2) is 0 Å². The number of hydrogen-bond donors (Lipinski definition) is 0. The standard InChI is InChI=1S/C33H47NP2/c1-22(2)35(23(3)4)32-20-26(9)16-18-30(32)34(29-15-13-12-14-28(29)11)31-19-17-27(10)21-33(31)36(24(5)6)25(7)8/h12-25H,1-11H3. The maximum absolute atomic E-state index is 2.61. The molecule has 3 rings (SSSR count). The van der Waals surface area contributed by atoms with Crippen LogP contribution in [0.2, 0.25) is 0 Å². The number of aryl methyl sites for hydroxylation is 3. The molecule has 1 nitrogen and oxygen atoms in total. The normalized spacial score (nSPS) is 12.1. The Morgan fingerprint density at radius 2 is 0.889 bits per heavy atom. The zero-order chi connectivity index (χ0) is 26.7. The van der Waals surface area contributed by atoms with Gasteiger partial charge in [0.2, 0.25) is 0 Å². The molecule has 0 unspecified atom stereocenters. The van der Waals surface area contributed by atoms with E-state index in [4.69, 9.17) is 0 Å². The highest BCUT2D eigenvalue weighted by Crippen LogP contribution is 2.52. The van der Waals surface area contributed by atoms with E-state index in [0.29, 0.717) is 22.6 Å². The first-order valence-electron chi connectivity index (χ1n) is 13.6. The number of hydrogen-bond acceptors (Lipinski definition) is 1. The van der Waals surface area contributed by atoms with Crippen molar-refractivity contribution in [3.05, 3.63) is 77.4 Å². The summed E-state index contributed by atoms with van der Waals surface area (Å²) in [6.45, 7) is 26.0. The summed E-state index contributed by atoms with van der Waals surface area (Å²) in [6.07, 6.45) is 0. The first kappa shape index (κ1) is 28.9. The van der Waals surface area contributed by atoms with Crippen LogP contribution in [0.15, 0.2) is 60.7 Å². The quantitative estimate of drug-likeness (QED) is 0.254. The summed E-state index contributed by atoms with van der Waals surface area (Å²) < 4.78 is 0. The molecule has 0 N–H and O–H groups in total.